The van der Waals surface area contributed by atoms with Gasteiger partial charge in [0, 0.05) is 18.2 Å². The average Bonchev–Trinajstić information content (AvgIpc) is 2.81. The van der Waals surface area contributed by atoms with Crippen LogP contribution in [0.1, 0.15) is 30.7 Å². The fourth-order valence-electron chi connectivity index (χ4n) is 3.70. The topological polar surface area (TPSA) is 82.6 Å². The van der Waals surface area contributed by atoms with E-state index in [0.29, 0.717) is 25.2 Å². The summed E-state index contributed by atoms with van der Waals surface area (Å²) in [6.07, 6.45) is 1.16. The van der Waals surface area contributed by atoms with Crippen molar-refractivity contribution < 1.29 is 14.2 Å². The third-order valence-corrected chi connectivity index (χ3v) is 5.09. The molecule has 7 heteroatoms. The van der Waals surface area contributed by atoms with Gasteiger partial charge in [0.2, 0.25) is 0 Å². The Morgan fingerprint density at radius 3 is 2.81 bits per heavy atom. The van der Waals surface area contributed by atoms with Crippen LogP contribution in [0.15, 0.2) is 46.1 Å². The molecule has 0 spiro atoms. The Morgan fingerprint density at radius 1 is 1.31 bits per heavy atom. The number of rotatable bonds is 4. The number of aromatic nitrogens is 2. The van der Waals surface area contributed by atoms with Gasteiger partial charge in [-0.25, -0.2) is 4.79 Å². The van der Waals surface area contributed by atoms with Crippen LogP contribution in [-0.2, 0) is 20.8 Å². The van der Waals surface area contributed by atoms with E-state index in [9.17, 15) is 9.59 Å². The van der Waals surface area contributed by atoms with Crippen molar-refractivity contribution in [3.05, 3.63) is 68.5 Å². The van der Waals surface area contributed by atoms with E-state index in [1.54, 1.807) is 13.1 Å². The van der Waals surface area contributed by atoms with Gasteiger partial charge in [-0.1, -0.05) is 30.3 Å². The van der Waals surface area contributed by atoms with Gasteiger partial charge in [0.15, 0.2) is 0 Å². The molecule has 2 aromatic rings. The Balaban J connectivity index is 1.53. The summed E-state index contributed by atoms with van der Waals surface area (Å²) in [7, 11) is 0. The molecule has 26 heavy (non-hydrogen) atoms. The molecule has 2 bridgehead atoms. The van der Waals surface area contributed by atoms with Crippen molar-refractivity contribution in [1.82, 2.24) is 9.55 Å². The van der Waals surface area contributed by atoms with Crippen molar-refractivity contribution in [2.24, 2.45) is 0 Å². The van der Waals surface area contributed by atoms with Gasteiger partial charge in [-0.05, 0) is 19.4 Å². The number of hydrogen-bond acceptors (Lipinski definition) is 5. The van der Waals surface area contributed by atoms with E-state index < -0.39 is 17.5 Å². The molecule has 7 nitrogen and oxygen atoms in total. The van der Waals surface area contributed by atoms with E-state index in [1.807, 2.05) is 37.3 Å². The van der Waals surface area contributed by atoms with Gasteiger partial charge >= 0.3 is 5.69 Å². The monoisotopic (exact) mass is 358 g/mol. The first-order valence-electron chi connectivity index (χ1n) is 8.73. The maximum absolute atomic E-state index is 12.2. The predicted octanol–water partition coefficient (Wildman–Crippen LogP) is 1.51. The van der Waals surface area contributed by atoms with Gasteiger partial charge in [0.25, 0.3) is 5.56 Å². The zero-order chi connectivity index (χ0) is 18.3. The van der Waals surface area contributed by atoms with Gasteiger partial charge in [-0.15, -0.1) is 0 Å². The second-order valence-corrected chi connectivity index (χ2v) is 7.17. The third kappa shape index (κ3) is 3.02. The number of benzene rings is 1. The molecule has 0 radical (unpaired) electrons. The summed E-state index contributed by atoms with van der Waals surface area (Å²) in [5, 5.41) is 0. The zero-order valence-electron chi connectivity index (χ0n) is 14.8. The highest BCUT2D eigenvalue weighted by molar-refractivity contribution is 5.14. The summed E-state index contributed by atoms with van der Waals surface area (Å²) in [6.45, 7) is 4.49. The Hall–Kier alpha value is -2.22. The lowest BCUT2D eigenvalue weighted by atomic mass is 9.93. The van der Waals surface area contributed by atoms with E-state index in [1.165, 1.54) is 4.57 Å². The van der Waals surface area contributed by atoms with Crippen LogP contribution in [0.2, 0.25) is 0 Å². The molecule has 1 N–H and O–H groups in total. The number of nitrogens with zero attached hydrogens (tertiary/aromatic N) is 1. The smallest absolute Gasteiger partial charge is 0.330 e. The van der Waals surface area contributed by atoms with Crippen LogP contribution >= 0.6 is 0 Å². The van der Waals surface area contributed by atoms with Gasteiger partial charge in [0.05, 0.1) is 19.3 Å². The fraction of sp³-hybridized carbons (Fsp3) is 0.474. The van der Waals surface area contributed by atoms with E-state index in [2.05, 4.69) is 4.98 Å². The first-order valence-corrected chi connectivity index (χ1v) is 8.73. The second-order valence-electron chi connectivity index (χ2n) is 7.17. The highest BCUT2D eigenvalue weighted by Crippen LogP contribution is 2.42. The molecule has 2 fully saturated rings. The van der Waals surface area contributed by atoms with Crippen LogP contribution in [0.5, 0.6) is 0 Å². The molecule has 138 valence electrons. The largest absolute Gasteiger partial charge is 0.372 e. The van der Waals surface area contributed by atoms with Crippen LogP contribution in [0, 0.1) is 6.92 Å². The lowest BCUT2D eigenvalue weighted by Crippen LogP contribution is -2.52. The van der Waals surface area contributed by atoms with Crippen LogP contribution < -0.4 is 11.2 Å². The quantitative estimate of drug-likeness (QED) is 0.896. The van der Waals surface area contributed by atoms with E-state index in [4.69, 9.17) is 14.2 Å². The van der Waals surface area contributed by atoms with Crippen LogP contribution in [0.25, 0.3) is 0 Å². The van der Waals surface area contributed by atoms with Crippen molar-refractivity contribution in [3.8, 4) is 0 Å². The van der Waals surface area contributed by atoms with E-state index in [0.717, 1.165) is 5.56 Å². The summed E-state index contributed by atoms with van der Waals surface area (Å²) < 4.78 is 19.7. The van der Waals surface area contributed by atoms with Crippen molar-refractivity contribution in [3.63, 3.8) is 0 Å². The molecule has 0 aliphatic carbocycles. The first kappa shape index (κ1) is 17.2. The Morgan fingerprint density at radius 2 is 2.08 bits per heavy atom. The Kier molecular flexibility index (Phi) is 4.30. The Labute approximate surface area is 150 Å². The highest BCUT2D eigenvalue weighted by atomic mass is 16.6. The third-order valence-electron chi connectivity index (χ3n) is 5.09. The van der Waals surface area contributed by atoms with Crippen LogP contribution in [-0.4, -0.2) is 34.0 Å². The second kappa shape index (κ2) is 6.50. The molecule has 0 amide bonds. The maximum Gasteiger partial charge on any atom is 0.330 e. The van der Waals surface area contributed by atoms with E-state index >= 15 is 0 Å². The van der Waals surface area contributed by atoms with Crippen molar-refractivity contribution in [1.29, 1.82) is 0 Å². The number of hydrogen-bond donors (Lipinski definition) is 1. The minimum absolute atomic E-state index is 0.165. The molecule has 2 saturated heterocycles. The summed E-state index contributed by atoms with van der Waals surface area (Å²) in [4.78, 5) is 26.1. The fourth-order valence-corrected chi connectivity index (χ4v) is 3.70. The molecule has 4 atom stereocenters. The van der Waals surface area contributed by atoms with Gasteiger partial charge in [0.1, 0.15) is 17.9 Å². The molecule has 4 unspecified atom stereocenters. The number of H-pyrrole nitrogens is 1. The first-order chi connectivity index (χ1) is 12.5. The van der Waals surface area contributed by atoms with Crippen LogP contribution in [0.3, 0.4) is 0 Å². The standard InChI is InChI=1S/C19H22N2O5/c1-12-9-21(18(23)20-17(12)22)15-8-14-16(19(2,26-15)11-25-14)24-10-13-6-4-3-5-7-13/h3-7,9,14-16H,8,10-11H2,1-2H3,(H,20,22,23). The molecule has 1 aromatic carbocycles. The van der Waals surface area contributed by atoms with Gasteiger partial charge in [-0.2, -0.15) is 0 Å². The lowest BCUT2D eigenvalue weighted by molar-refractivity contribution is -0.204. The zero-order valence-corrected chi connectivity index (χ0v) is 14.8. The number of aryl methyl sites for hydroxylation is 1. The van der Waals surface area contributed by atoms with Crippen molar-refractivity contribution in [2.75, 3.05) is 6.61 Å². The van der Waals surface area contributed by atoms with Crippen molar-refractivity contribution in [2.45, 2.75) is 50.9 Å². The molecular weight excluding hydrogens is 336 g/mol. The minimum Gasteiger partial charge on any atom is -0.372 e. The summed E-state index contributed by atoms with van der Waals surface area (Å²) in [6, 6.07) is 9.95. The number of aromatic amines is 1. The maximum atomic E-state index is 12.2. The summed E-state index contributed by atoms with van der Waals surface area (Å²) >= 11 is 0. The highest BCUT2D eigenvalue weighted by Gasteiger charge is 2.54. The van der Waals surface area contributed by atoms with Gasteiger partial charge in [-0.3, -0.25) is 14.3 Å². The predicted molar refractivity (Wildman–Crippen MR) is 94.0 cm³/mol. The van der Waals surface area contributed by atoms with Crippen LogP contribution in [0.4, 0.5) is 0 Å². The number of fused-ring (bicyclic) bond motifs is 2. The number of nitrogens with one attached hydrogen (secondary N) is 1. The molecule has 1 aromatic heterocycles. The average molecular weight is 358 g/mol. The molecule has 0 saturated carbocycles. The molecule has 4 rings (SSSR count). The van der Waals surface area contributed by atoms with Gasteiger partial charge < -0.3 is 14.2 Å². The normalized spacial score (nSPS) is 30.5. The molecular formula is C19H22N2O5. The molecule has 2 aliphatic rings. The van der Waals surface area contributed by atoms with Crippen molar-refractivity contribution >= 4 is 0 Å². The van der Waals surface area contributed by atoms with E-state index in [-0.39, 0.29) is 17.8 Å². The SMILES string of the molecule is Cc1cn(C2CC3OCC(C)(O2)C3OCc2ccccc2)c(=O)[nH]c1=O. The summed E-state index contributed by atoms with van der Waals surface area (Å²) in [5.41, 5.74) is 0.0549. The lowest BCUT2D eigenvalue weighted by Gasteiger charge is -2.40. The number of ether oxygens (including phenoxy) is 3. The molecule has 3 heterocycles. The Bertz CT molecular complexity index is 906. The minimum atomic E-state index is -0.647. The molecule has 2 aliphatic heterocycles. The summed E-state index contributed by atoms with van der Waals surface area (Å²) in [5.74, 6) is 0.